The molecule has 10 rings (SSSR count). The Hall–Kier alpha value is -6.13. The lowest BCUT2D eigenvalue weighted by atomic mass is 9.60. The molecule has 63 heavy (non-hydrogen) atoms. The van der Waals surface area contributed by atoms with Gasteiger partial charge in [-0.2, -0.15) is 4.98 Å². The third kappa shape index (κ3) is 7.62. The molecular weight excluding hydrogens is 802 g/mol. The van der Waals surface area contributed by atoms with Crippen LogP contribution in [-0.4, -0.2) is 97.5 Å². The average Bonchev–Trinajstić information content (AvgIpc) is 3.76. The normalized spacial score (nSPS) is 22.6. The van der Waals surface area contributed by atoms with E-state index in [-0.39, 0.29) is 36.2 Å². The van der Waals surface area contributed by atoms with Crippen molar-refractivity contribution in [3.05, 3.63) is 101 Å². The van der Waals surface area contributed by atoms with E-state index in [2.05, 4.69) is 54.3 Å². The number of fused-ring (bicyclic) bond motifs is 2. The molecule has 328 valence electrons. The molecule has 16 heteroatoms. The van der Waals surface area contributed by atoms with Gasteiger partial charge in [0.1, 0.15) is 22.8 Å². The number of benzene rings is 2. The van der Waals surface area contributed by atoms with Crippen LogP contribution in [0.25, 0.3) is 16.9 Å². The van der Waals surface area contributed by atoms with E-state index >= 15 is 4.39 Å². The maximum Gasteiger partial charge on any atom is 0.278 e. The molecule has 0 radical (unpaired) electrons. The van der Waals surface area contributed by atoms with E-state index in [0.717, 1.165) is 75.5 Å². The van der Waals surface area contributed by atoms with Crippen molar-refractivity contribution in [1.82, 2.24) is 34.5 Å². The van der Waals surface area contributed by atoms with Crippen molar-refractivity contribution in [2.45, 2.75) is 88.9 Å². The molecule has 3 aromatic heterocycles. The predicted molar refractivity (Wildman–Crippen MR) is 240 cm³/mol. The number of carbonyl (C=O) groups is 2. The fourth-order valence-electron chi connectivity index (χ4n) is 10.6. The molecule has 1 saturated carbocycles. The molecule has 0 bridgehead atoms. The Balaban J connectivity index is 0.728. The molecular formula is C47H54FN11O4. The number of aryl methyl sites for hydroxylation is 1. The minimum absolute atomic E-state index is 0.243. The Morgan fingerprint density at radius 2 is 1.68 bits per heavy atom. The maximum atomic E-state index is 15.3. The summed E-state index contributed by atoms with van der Waals surface area (Å²) in [7, 11) is 0. The number of carbonyl (C=O) groups excluding carboxylic acids is 2. The van der Waals surface area contributed by atoms with Crippen LogP contribution in [0.5, 0.6) is 0 Å². The monoisotopic (exact) mass is 855 g/mol. The second-order valence-corrected chi connectivity index (χ2v) is 18.0. The van der Waals surface area contributed by atoms with Crippen LogP contribution in [0.2, 0.25) is 0 Å². The molecule has 1 spiro atoms. The molecule has 3 aliphatic heterocycles. The van der Waals surface area contributed by atoms with Gasteiger partial charge in [-0.1, -0.05) is 19.1 Å². The molecule has 2 amide bonds. The van der Waals surface area contributed by atoms with E-state index in [9.17, 15) is 19.5 Å². The Kier molecular flexibility index (Phi) is 10.5. The molecule has 3 saturated heterocycles. The van der Waals surface area contributed by atoms with Crippen LogP contribution in [0.3, 0.4) is 0 Å². The van der Waals surface area contributed by atoms with Gasteiger partial charge in [0.15, 0.2) is 11.5 Å². The van der Waals surface area contributed by atoms with Gasteiger partial charge in [-0.25, -0.2) is 23.7 Å². The Bertz CT molecular complexity index is 2640. The second kappa shape index (κ2) is 16.2. The van der Waals surface area contributed by atoms with Gasteiger partial charge in [-0.05, 0) is 111 Å². The van der Waals surface area contributed by atoms with Gasteiger partial charge >= 0.3 is 0 Å². The molecule has 2 aromatic carbocycles. The number of piperidine rings is 2. The molecule has 15 nitrogen and oxygen atoms in total. The molecule has 6 heterocycles. The fourth-order valence-corrected chi connectivity index (χ4v) is 10.6. The number of imide groups is 1. The highest BCUT2D eigenvalue weighted by atomic mass is 19.1. The van der Waals surface area contributed by atoms with E-state index in [1.54, 1.807) is 27.7 Å². The molecule has 5 aliphatic rings. The summed E-state index contributed by atoms with van der Waals surface area (Å²) in [5, 5.41) is 20.4. The van der Waals surface area contributed by atoms with E-state index in [1.165, 1.54) is 18.9 Å². The summed E-state index contributed by atoms with van der Waals surface area (Å²) in [6.07, 6.45) is 10.3. The summed E-state index contributed by atoms with van der Waals surface area (Å²) in [4.78, 5) is 58.6. The van der Waals surface area contributed by atoms with Crippen LogP contribution in [0, 0.1) is 11.2 Å². The van der Waals surface area contributed by atoms with Gasteiger partial charge in [0.25, 0.3) is 5.56 Å². The highest BCUT2D eigenvalue weighted by Crippen LogP contribution is 2.51. The first kappa shape index (κ1) is 40.9. The van der Waals surface area contributed by atoms with Gasteiger partial charge in [-0.15, -0.1) is 6.58 Å². The summed E-state index contributed by atoms with van der Waals surface area (Å²) >= 11 is 0. The minimum atomic E-state index is -0.996. The van der Waals surface area contributed by atoms with E-state index < -0.39 is 11.6 Å². The van der Waals surface area contributed by atoms with Crippen molar-refractivity contribution in [1.29, 1.82) is 0 Å². The second-order valence-electron chi connectivity index (χ2n) is 18.0. The highest BCUT2D eigenvalue weighted by Gasteiger charge is 2.48. The standard InChI is InChI=1S/C47H54FN11O4/c1-3-19-58-44(62)35-29-49-45(54-42(35)59(58)39-13-5-30-15-16-47(63,4-2)41(30)52-39)51-31-6-9-33(10-7-31)55-22-24-56(25-23-55)34-27-46(28-34)17-20-57(21-18-46)38-12-8-32(26-36(38)48)50-37-11-14-40(60)53-43(37)61/h3,5-10,12-13,26,29,34,37,50,63H,1,4,11,14-25,27-28H2,2H3,(H,49,51,54)(H,53,60,61)/t37?,47-/m1/s1. The van der Waals surface area contributed by atoms with Crippen molar-refractivity contribution in [2.24, 2.45) is 5.41 Å². The quantitative estimate of drug-likeness (QED) is 0.0993. The number of pyridine rings is 1. The Labute approximate surface area is 365 Å². The van der Waals surface area contributed by atoms with Crippen LogP contribution >= 0.6 is 0 Å². The molecule has 2 atom stereocenters. The highest BCUT2D eigenvalue weighted by molar-refractivity contribution is 6.01. The summed E-state index contributed by atoms with van der Waals surface area (Å²) in [5.41, 5.74) is 4.31. The third-order valence-electron chi connectivity index (χ3n) is 14.3. The average molecular weight is 856 g/mol. The number of anilines is 5. The van der Waals surface area contributed by atoms with Gasteiger partial charge in [0.05, 0.1) is 17.9 Å². The number of hydrogen-bond donors (Lipinski definition) is 4. The zero-order valence-corrected chi connectivity index (χ0v) is 35.7. The van der Waals surface area contributed by atoms with Crippen LogP contribution in [0.15, 0.2) is 78.2 Å². The fraction of sp³-hybridized carbons (Fsp3) is 0.447. The SMILES string of the molecule is C=CCn1c(=O)c2cnc(Nc3ccc(N4CCN(C5CC6(CCN(c7ccc(NC8CCC(=O)NC8=O)cc7F)CC6)C5)CC4)cc3)nc2n1-c1ccc2c(n1)[C@@](O)(CC)CC2. The molecule has 5 aromatic rings. The number of nitrogens with zero attached hydrogens (tertiary/aromatic N) is 8. The van der Waals surface area contributed by atoms with Gasteiger partial charge in [-0.3, -0.25) is 24.6 Å². The Morgan fingerprint density at radius 3 is 2.40 bits per heavy atom. The van der Waals surface area contributed by atoms with Crippen molar-refractivity contribution in [3.8, 4) is 5.82 Å². The Morgan fingerprint density at radius 1 is 0.921 bits per heavy atom. The molecule has 1 unspecified atom stereocenters. The number of amides is 2. The topological polar surface area (TPSA) is 166 Å². The van der Waals surface area contributed by atoms with Gasteiger partial charge < -0.3 is 25.5 Å². The van der Waals surface area contributed by atoms with Crippen molar-refractivity contribution < 1.29 is 19.1 Å². The zero-order chi connectivity index (χ0) is 43.5. The van der Waals surface area contributed by atoms with Gasteiger partial charge in [0, 0.05) is 75.0 Å². The smallest absolute Gasteiger partial charge is 0.278 e. The number of rotatable bonds is 11. The van der Waals surface area contributed by atoms with E-state index in [4.69, 9.17) is 9.97 Å². The van der Waals surface area contributed by atoms with Gasteiger partial charge in [0.2, 0.25) is 17.8 Å². The first-order valence-corrected chi connectivity index (χ1v) is 22.4. The maximum absolute atomic E-state index is 15.3. The molecule has 4 N–H and O–H groups in total. The summed E-state index contributed by atoms with van der Waals surface area (Å²) in [6, 6.07) is 17.3. The van der Waals surface area contributed by atoms with Crippen LogP contribution < -0.4 is 31.3 Å². The first-order valence-electron chi connectivity index (χ1n) is 22.4. The number of aromatic nitrogens is 5. The van der Waals surface area contributed by atoms with Crippen molar-refractivity contribution in [2.75, 3.05) is 59.7 Å². The summed E-state index contributed by atoms with van der Waals surface area (Å²) in [5.74, 6) is -0.0864. The zero-order valence-electron chi connectivity index (χ0n) is 35.7. The number of aliphatic hydroxyl groups is 1. The third-order valence-corrected chi connectivity index (χ3v) is 14.3. The lowest BCUT2D eigenvalue weighted by molar-refractivity contribution is -0.133. The van der Waals surface area contributed by atoms with Crippen molar-refractivity contribution in [3.63, 3.8) is 0 Å². The lowest BCUT2D eigenvalue weighted by Gasteiger charge is -2.56. The molecule has 4 fully saturated rings. The predicted octanol–water partition coefficient (Wildman–Crippen LogP) is 5.38. The molecule has 2 aliphatic carbocycles. The summed E-state index contributed by atoms with van der Waals surface area (Å²) < 4.78 is 18.6. The van der Waals surface area contributed by atoms with Crippen LogP contribution in [0.1, 0.15) is 69.5 Å². The lowest BCUT2D eigenvalue weighted by Crippen LogP contribution is -2.59. The van der Waals surface area contributed by atoms with Crippen LogP contribution in [0.4, 0.5) is 33.1 Å². The minimum Gasteiger partial charge on any atom is -0.384 e. The van der Waals surface area contributed by atoms with E-state index in [0.29, 0.717) is 70.6 Å². The van der Waals surface area contributed by atoms with Crippen LogP contribution in [-0.2, 0) is 28.2 Å². The number of allylic oxidation sites excluding steroid dienone is 1. The number of nitrogens with one attached hydrogen (secondary N) is 3. The van der Waals surface area contributed by atoms with E-state index in [1.807, 2.05) is 37.3 Å². The largest absolute Gasteiger partial charge is 0.384 e. The number of hydrogen-bond acceptors (Lipinski definition) is 12. The first-order chi connectivity index (χ1) is 30.5. The summed E-state index contributed by atoms with van der Waals surface area (Å²) in [6.45, 7) is 11.6. The number of halogens is 1. The van der Waals surface area contributed by atoms with Crippen molar-refractivity contribution >= 4 is 51.5 Å². The number of piperazine rings is 1.